The summed E-state index contributed by atoms with van der Waals surface area (Å²) in [7, 11) is 0. The third-order valence-electron chi connectivity index (χ3n) is 2.23. The van der Waals surface area contributed by atoms with Crippen LogP contribution in [0.3, 0.4) is 0 Å². The van der Waals surface area contributed by atoms with Crippen LogP contribution in [-0.4, -0.2) is 35.0 Å². The molecule has 0 aliphatic carbocycles. The molecule has 0 fully saturated rings. The Morgan fingerprint density at radius 1 is 1.22 bits per heavy atom. The molecule has 1 atom stereocenters. The quantitative estimate of drug-likeness (QED) is 0.249. The van der Waals surface area contributed by atoms with E-state index in [1.807, 2.05) is 0 Å². The molecule has 18 heavy (non-hydrogen) atoms. The van der Waals surface area contributed by atoms with Crippen molar-refractivity contribution in [1.82, 2.24) is 0 Å². The SMILES string of the molecule is CCCCCCOC(=O)CC(CI)OC(=O)CCl. The molecular weight excluding hydrogens is 370 g/mol. The number of hydrogen-bond donors (Lipinski definition) is 0. The zero-order chi connectivity index (χ0) is 13.8. The van der Waals surface area contributed by atoms with Crippen molar-refractivity contribution in [2.24, 2.45) is 0 Å². The Kier molecular flexibility index (Phi) is 12.0. The fourth-order valence-corrected chi connectivity index (χ4v) is 1.86. The van der Waals surface area contributed by atoms with Crippen LogP contribution in [-0.2, 0) is 19.1 Å². The number of halogens is 2. The van der Waals surface area contributed by atoms with Gasteiger partial charge in [-0.05, 0) is 6.42 Å². The molecule has 0 spiro atoms. The largest absolute Gasteiger partial charge is 0.466 e. The Morgan fingerprint density at radius 3 is 2.50 bits per heavy atom. The van der Waals surface area contributed by atoms with Crippen LogP contribution >= 0.6 is 34.2 Å². The van der Waals surface area contributed by atoms with Crippen molar-refractivity contribution in [2.45, 2.75) is 45.1 Å². The van der Waals surface area contributed by atoms with Gasteiger partial charge >= 0.3 is 11.9 Å². The topological polar surface area (TPSA) is 52.6 Å². The van der Waals surface area contributed by atoms with E-state index in [0.717, 1.165) is 25.7 Å². The number of unbranched alkanes of at least 4 members (excludes halogenated alkanes) is 3. The first-order valence-electron chi connectivity index (χ1n) is 6.11. The normalized spacial score (nSPS) is 11.9. The zero-order valence-corrected chi connectivity index (χ0v) is 13.5. The van der Waals surface area contributed by atoms with Crippen molar-refractivity contribution in [3.8, 4) is 0 Å². The minimum Gasteiger partial charge on any atom is -0.466 e. The molecule has 0 saturated carbocycles. The van der Waals surface area contributed by atoms with Crippen molar-refractivity contribution < 1.29 is 19.1 Å². The van der Waals surface area contributed by atoms with Gasteiger partial charge in [-0.15, -0.1) is 11.6 Å². The van der Waals surface area contributed by atoms with Gasteiger partial charge in [-0.25, -0.2) is 0 Å². The standard InChI is InChI=1S/C12H20ClIO4/c1-2-3-4-5-6-17-11(15)7-10(9-14)18-12(16)8-13/h10H,2-9H2,1H3. The smallest absolute Gasteiger partial charge is 0.321 e. The van der Waals surface area contributed by atoms with E-state index in [4.69, 9.17) is 21.1 Å². The van der Waals surface area contributed by atoms with Gasteiger partial charge in [0.05, 0.1) is 13.0 Å². The monoisotopic (exact) mass is 390 g/mol. The Morgan fingerprint density at radius 2 is 1.94 bits per heavy atom. The molecule has 0 amide bonds. The summed E-state index contributed by atoms with van der Waals surface area (Å²) < 4.78 is 10.6. The minimum absolute atomic E-state index is 0.0966. The van der Waals surface area contributed by atoms with Gasteiger partial charge in [-0.3, -0.25) is 9.59 Å². The number of alkyl halides is 2. The third kappa shape index (κ3) is 9.94. The van der Waals surface area contributed by atoms with Crippen molar-refractivity contribution >= 4 is 46.1 Å². The first kappa shape index (κ1) is 18.0. The number of rotatable bonds is 10. The number of hydrogen-bond acceptors (Lipinski definition) is 4. The molecule has 0 bridgehead atoms. The maximum Gasteiger partial charge on any atom is 0.321 e. The zero-order valence-electron chi connectivity index (χ0n) is 10.6. The molecule has 0 aliphatic rings. The first-order valence-corrected chi connectivity index (χ1v) is 8.17. The van der Waals surface area contributed by atoms with Crippen molar-refractivity contribution in [1.29, 1.82) is 0 Å². The van der Waals surface area contributed by atoms with Crippen LogP contribution < -0.4 is 0 Å². The average molecular weight is 391 g/mol. The average Bonchev–Trinajstić information content (AvgIpc) is 2.37. The maximum atomic E-state index is 11.5. The Bertz CT molecular complexity index is 248. The summed E-state index contributed by atoms with van der Waals surface area (Å²) in [6.07, 6.45) is 3.91. The van der Waals surface area contributed by atoms with E-state index in [1.165, 1.54) is 0 Å². The highest BCUT2D eigenvalue weighted by Gasteiger charge is 2.17. The second-order valence-corrected chi connectivity index (χ2v) is 5.03. The Balaban J connectivity index is 3.72. The van der Waals surface area contributed by atoms with Crippen LogP contribution in [0.25, 0.3) is 0 Å². The fourth-order valence-electron chi connectivity index (χ4n) is 1.30. The summed E-state index contributed by atoms with van der Waals surface area (Å²) in [6.45, 7) is 2.57. The summed E-state index contributed by atoms with van der Waals surface area (Å²) in [5, 5.41) is 0. The molecule has 0 aromatic heterocycles. The van der Waals surface area contributed by atoms with E-state index in [9.17, 15) is 9.59 Å². The van der Waals surface area contributed by atoms with Crippen molar-refractivity contribution in [3.05, 3.63) is 0 Å². The summed E-state index contributed by atoms with van der Waals surface area (Å²) in [4.78, 5) is 22.5. The molecule has 106 valence electrons. The first-order chi connectivity index (χ1) is 8.63. The molecule has 0 N–H and O–H groups in total. The van der Waals surface area contributed by atoms with Crippen LogP contribution in [0, 0.1) is 0 Å². The number of esters is 2. The lowest BCUT2D eigenvalue weighted by Crippen LogP contribution is -2.24. The lowest BCUT2D eigenvalue weighted by Gasteiger charge is -2.14. The van der Waals surface area contributed by atoms with Gasteiger partial charge in [0.15, 0.2) is 0 Å². The predicted octanol–water partition coefficient (Wildman–Crippen LogP) is 3.09. The van der Waals surface area contributed by atoms with Gasteiger partial charge in [0.25, 0.3) is 0 Å². The Labute approximate surface area is 127 Å². The minimum atomic E-state index is -0.505. The van der Waals surface area contributed by atoms with E-state index in [2.05, 4.69) is 29.5 Å². The van der Waals surface area contributed by atoms with Gasteiger partial charge in [-0.1, -0.05) is 48.8 Å². The highest BCUT2D eigenvalue weighted by Crippen LogP contribution is 2.07. The molecule has 4 nitrogen and oxygen atoms in total. The summed E-state index contributed by atoms with van der Waals surface area (Å²) in [6, 6.07) is 0. The molecule has 6 heteroatoms. The predicted molar refractivity (Wildman–Crippen MR) is 79.2 cm³/mol. The highest BCUT2D eigenvalue weighted by molar-refractivity contribution is 14.1. The molecule has 0 aromatic rings. The highest BCUT2D eigenvalue weighted by atomic mass is 127. The van der Waals surface area contributed by atoms with Crippen LogP contribution in [0.15, 0.2) is 0 Å². The van der Waals surface area contributed by atoms with E-state index < -0.39 is 12.1 Å². The van der Waals surface area contributed by atoms with Crippen LogP contribution in [0.1, 0.15) is 39.0 Å². The summed E-state index contributed by atoms with van der Waals surface area (Å²) in [5.74, 6) is -1.02. The molecule has 0 rings (SSSR count). The van der Waals surface area contributed by atoms with Gasteiger partial charge in [0.1, 0.15) is 12.0 Å². The van der Waals surface area contributed by atoms with Crippen molar-refractivity contribution in [3.63, 3.8) is 0 Å². The molecule has 0 aromatic carbocycles. The lowest BCUT2D eigenvalue weighted by atomic mass is 10.2. The molecule has 0 radical (unpaired) electrons. The second kappa shape index (κ2) is 12.0. The number of carbonyl (C=O) groups excluding carboxylic acids is 2. The molecular formula is C12H20ClIO4. The van der Waals surface area contributed by atoms with E-state index in [1.54, 1.807) is 0 Å². The fraction of sp³-hybridized carbons (Fsp3) is 0.833. The van der Waals surface area contributed by atoms with Crippen LogP contribution in [0.4, 0.5) is 0 Å². The van der Waals surface area contributed by atoms with Gasteiger partial charge in [0.2, 0.25) is 0 Å². The van der Waals surface area contributed by atoms with E-state index >= 15 is 0 Å². The summed E-state index contributed by atoms with van der Waals surface area (Å²) in [5.41, 5.74) is 0. The summed E-state index contributed by atoms with van der Waals surface area (Å²) >= 11 is 7.39. The van der Waals surface area contributed by atoms with E-state index in [0.29, 0.717) is 11.0 Å². The molecule has 0 saturated heterocycles. The molecule has 1 unspecified atom stereocenters. The van der Waals surface area contributed by atoms with Crippen LogP contribution in [0.2, 0.25) is 0 Å². The van der Waals surface area contributed by atoms with Gasteiger partial charge in [-0.2, -0.15) is 0 Å². The molecule has 0 aliphatic heterocycles. The van der Waals surface area contributed by atoms with E-state index in [-0.39, 0.29) is 18.3 Å². The van der Waals surface area contributed by atoms with Gasteiger partial charge in [0, 0.05) is 4.43 Å². The van der Waals surface area contributed by atoms with Crippen molar-refractivity contribution in [2.75, 3.05) is 16.9 Å². The van der Waals surface area contributed by atoms with Crippen LogP contribution in [0.5, 0.6) is 0 Å². The molecule has 0 heterocycles. The number of carbonyl (C=O) groups is 2. The van der Waals surface area contributed by atoms with Gasteiger partial charge < -0.3 is 9.47 Å². The number of ether oxygens (including phenoxy) is 2. The lowest BCUT2D eigenvalue weighted by molar-refractivity contribution is -0.152. The maximum absolute atomic E-state index is 11.5. The Hall–Kier alpha value is -0.0400. The second-order valence-electron chi connectivity index (χ2n) is 3.89. The third-order valence-corrected chi connectivity index (χ3v) is 3.44.